The molecule has 3 heteroatoms. The van der Waals surface area contributed by atoms with Crippen molar-refractivity contribution in [2.24, 2.45) is 0 Å². The van der Waals surface area contributed by atoms with E-state index in [1.54, 1.807) is 7.05 Å². The molecule has 1 atom stereocenters. The summed E-state index contributed by atoms with van der Waals surface area (Å²) < 4.78 is 4.60. The topological polar surface area (TPSA) is 29.5 Å². The van der Waals surface area contributed by atoms with Crippen LogP contribution in [0.5, 0.6) is 0 Å². The minimum Gasteiger partial charge on any atom is -0.447 e. The zero-order chi connectivity index (χ0) is 6.15. The summed E-state index contributed by atoms with van der Waals surface area (Å²) in [6, 6.07) is 0.00231. The van der Waals surface area contributed by atoms with Gasteiger partial charge in [-0.15, -0.1) is 0 Å². The van der Waals surface area contributed by atoms with Crippen molar-refractivity contribution in [3.63, 3.8) is 0 Å². The Balaban J connectivity index is 2.56. The van der Waals surface area contributed by atoms with Gasteiger partial charge in [0.1, 0.15) is 6.61 Å². The van der Waals surface area contributed by atoms with Crippen molar-refractivity contribution in [1.82, 2.24) is 4.90 Å². The van der Waals surface area contributed by atoms with Crippen LogP contribution < -0.4 is 0 Å². The fraction of sp³-hybridized carbons (Fsp3) is 0.600. The van der Waals surface area contributed by atoms with Crippen LogP contribution in [-0.4, -0.2) is 30.7 Å². The Bertz CT molecular complexity index is 113. The number of amides is 1. The van der Waals surface area contributed by atoms with Crippen molar-refractivity contribution in [3.05, 3.63) is 6.92 Å². The van der Waals surface area contributed by atoms with Crippen molar-refractivity contribution in [2.45, 2.75) is 6.04 Å². The first-order valence-corrected chi connectivity index (χ1v) is 2.44. The molecule has 8 heavy (non-hydrogen) atoms. The molecule has 0 aliphatic carbocycles. The van der Waals surface area contributed by atoms with Gasteiger partial charge in [0.2, 0.25) is 0 Å². The second-order valence-electron chi connectivity index (χ2n) is 1.84. The maximum absolute atomic E-state index is 10.4. The number of nitrogens with zero attached hydrogens (tertiary/aromatic N) is 1. The van der Waals surface area contributed by atoms with E-state index in [0.717, 1.165) is 0 Å². The van der Waals surface area contributed by atoms with Crippen molar-refractivity contribution in [2.75, 3.05) is 13.7 Å². The summed E-state index contributed by atoms with van der Waals surface area (Å²) >= 11 is 0. The molecule has 1 rings (SSSR count). The largest absolute Gasteiger partial charge is 0.447 e. The standard InChI is InChI=1S/C5H8NO2/c1-4-3-8-5(7)6(4)2/h4H,1,3H2,2H3. The summed E-state index contributed by atoms with van der Waals surface area (Å²) in [4.78, 5) is 11.9. The van der Waals surface area contributed by atoms with Gasteiger partial charge in [-0.2, -0.15) is 0 Å². The van der Waals surface area contributed by atoms with E-state index in [2.05, 4.69) is 11.7 Å². The monoisotopic (exact) mass is 114 g/mol. The number of likely N-dealkylation sites (N-methyl/N-ethyl adjacent to an activating group) is 1. The third kappa shape index (κ3) is 0.638. The first kappa shape index (κ1) is 5.41. The number of hydrogen-bond acceptors (Lipinski definition) is 2. The van der Waals surface area contributed by atoms with Crippen LogP contribution in [-0.2, 0) is 4.74 Å². The molecular weight excluding hydrogens is 106 g/mol. The summed E-state index contributed by atoms with van der Waals surface area (Å²) in [6.07, 6.45) is -0.273. The molecule has 3 nitrogen and oxygen atoms in total. The molecule has 0 aromatic carbocycles. The minimum absolute atomic E-state index is 0.00231. The third-order valence-electron chi connectivity index (χ3n) is 1.23. The predicted octanol–water partition coefficient (Wildman–Crippen LogP) is 0.271. The summed E-state index contributed by atoms with van der Waals surface area (Å²) in [6.45, 7) is 4.07. The van der Waals surface area contributed by atoms with Gasteiger partial charge in [-0.3, -0.25) is 0 Å². The second kappa shape index (κ2) is 1.65. The first-order valence-electron chi connectivity index (χ1n) is 2.44. The quantitative estimate of drug-likeness (QED) is 0.452. The maximum Gasteiger partial charge on any atom is 0.409 e. The smallest absolute Gasteiger partial charge is 0.409 e. The first-order chi connectivity index (χ1) is 3.72. The zero-order valence-corrected chi connectivity index (χ0v) is 4.76. The van der Waals surface area contributed by atoms with Crippen molar-refractivity contribution < 1.29 is 9.53 Å². The number of carbonyl (C=O) groups is 1. The van der Waals surface area contributed by atoms with Gasteiger partial charge in [-0.05, 0) is 6.92 Å². The number of rotatable bonds is 0. The lowest BCUT2D eigenvalue weighted by Crippen LogP contribution is -2.26. The molecule has 1 saturated heterocycles. The second-order valence-corrected chi connectivity index (χ2v) is 1.84. The average Bonchev–Trinajstić information content (AvgIpc) is 1.98. The lowest BCUT2D eigenvalue weighted by molar-refractivity contribution is 0.163. The molecule has 1 fully saturated rings. The van der Waals surface area contributed by atoms with Crippen LogP contribution in [0.2, 0.25) is 0 Å². The van der Waals surface area contributed by atoms with E-state index < -0.39 is 0 Å². The molecule has 1 amide bonds. The molecular formula is C5H8NO2. The van der Waals surface area contributed by atoms with E-state index in [9.17, 15) is 4.79 Å². The molecule has 0 saturated carbocycles. The highest BCUT2D eigenvalue weighted by Gasteiger charge is 2.24. The number of ether oxygens (including phenoxy) is 1. The Labute approximate surface area is 48.2 Å². The van der Waals surface area contributed by atoms with E-state index in [0.29, 0.717) is 6.61 Å². The molecule has 0 aromatic rings. The zero-order valence-electron chi connectivity index (χ0n) is 4.76. The molecule has 0 spiro atoms. The Morgan fingerprint density at radius 2 is 2.62 bits per heavy atom. The van der Waals surface area contributed by atoms with Crippen LogP contribution in [0.15, 0.2) is 0 Å². The average molecular weight is 114 g/mol. The third-order valence-corrected chi connectivity index (χ3v) is 1.23. The maximum atomic E-state index is 10.4. The van der Waals surface area contributed by atoms with E-state index in [4.69, 9.17) is 0 Å². The molecule has 1 radical (unpaired) electrons. The van der Waals surface area contributed by atoms with Crippen LogP contribution in [0.1, 0.15) is 0 Å². The molecule has 0 bridgehead atoms. The molecule has 0 N–H and O–H groups in total. The van der Waals surface area contributed by atoms with E-state index in [1.807, 2.05) is 0 Å². The van der Waals surface area contributed by atoms with E-state index in [-0.39, 0.29) is 12.1 Å². The van der Waals surface area contributed by atoms with E-state index in [1.165, 1.54) is 4.90 Å². The highest BCUT2D eigenvalue weighted by molar-refractivity contribution is 5.69. The summed E-state index contributed by atoms with van der Waals surface area (Å²) in [5, 5.41) is 0. The summed E-state index contributed by atoms with van der Waals surface area (Å²) in [5.74, 6) is 0. The molecule has 45 valence electrons. The Hall–Kier alpha value is -0.730. The molecule has 1 aliphatic heterocycles. The Morgan fingerprint density at radius 3 is 2.75 bits per heavy atom. The lowest BCUT2D eigenvalue weighted by atomic mass is 10.4. The fourth-order valence-corrected chi connectivity index (χ4v) is 0.530. The number of carbonyl (C=O) groups excluding carboxylic acids is 1. The van der Waals surface area contributed by atoms with Gasteiger partial charge < -0.3 is 9.64 Å². The number of cyclic esters (lactones) is 1. The Kier molecular flexibility index (Phi) is 1.12. The van der Waals surface area contributed by atoms with Gasteiger partial charge in [0.05, 0.1) is 6.04 Å². The van der Waals surface area contributed by atoms with Gasteiger partial charge in [0.25, 0.3) is 0 Å². The SMILES string of the molecule is [CH2]C1COC(=O)N1C. The van der Waals surface area contributed by atoms with Gasteiger partial charge in [-0.1, -0.05) is 0 Å². The molecule has 0 aromatic heterocycles. The van der Waals surface area contributed by atoms with Gasteiger partial charge in [0, 0.05) is 7.05 Å². The van der Waals surface area contributed by atoms with Crippen LogP contribution >= 0.6 is 0 Å². The summed E-state index contributed by atoms with van der Waals surface area (Å²) in [5.41, 5.74) is 0. The van der Waals surface area contributed by atoms with Crippen LogP contribution in [0.3, 0.4) is 0 Å². The Morgan fingerprint density at radius 1 is 2.00 bits per heavy atom. The summed E-state index contributed by atoms with van der Waals surface area (Å²) in [7, 11) is 1.67. The van der Waals surface area contributed by atoms with Crippen LogP contribution in [0.25, 0.3) is 0 Å². The molecule has 1 aliphatic rings. The van der Waals surface area contributed by atoms with Crippen LogP contribution in [0.4, 0.5) is 4.79 Å². The van der Waals surface area contributed by atoms with E-state index >= 15 is 0 Å². The fourth-order valence-electron chi connectivity index (χ4n) is 0.530. The van der Waals surface area contributed by atoms with Gasteiger partial charge in [0.15, 0.2) is 0 Å². The number of hydrogen-bond donors (Lipinski definition) is 0. The van der Waals surface area contributed by atoms with Gasteiger partial charge >= 0.3 is 6.09 Å². The highest BCUT2D eigenvalue weighted by Crippen LogP contribution is 2.06. The molecule has 1 unspecified atom stereocenters. The lowest BCUT2D eigenvalue weighted by Gasteiger charge is -2.08. The van der Waals surface area contributed by atoms with Gasteiger partial charge in [-0.25, -0.2) is 4.79 Å². The highest BCUT2D eigenvalue weighted by atomic mass is 16.6. The minimum atomic E-state index is -0.273. The molecule has 1 heterocycles. The predicted molar refractivity (Wildman–Crippen MR) is 28.3 cm³/mol. The normalized spacial score (nSPS) is 28.5. The van der Waals surface area contributed by atoms with Crippen LogP contribution in [0, 0.1) is 6.92 Å². The van der Waals surface area contributed by atoms with Crippen molar-refractivity contribution in [1.29, 1.82) is 0 Å². The van der Waals surface area contributed by atoms with Crippen molar-refractivity contribution in [3.8, 4) is 0 Å². The van der Waals surface area contributed by atoms with Crippen molar-refractivity contribution >= 4 is 6.09 Å².